The molecular formula is C23H30N8O7. The number of carbonyl (C=O) groups excluding carboxylic acids is 5. The van der Waals surface area contributed by atoms with E-state index < -0.39 is 72.5 Å². The summed E-state index contributed by atoms with van der Waals surface area (Å²) >= 11 is 0. The molecule has 204 valence electrons. The predicted octanol–water partition coefficient (Wildman–Crippen LogP) is -3.19. The van der Waals surface area contributed by atoms with Crippen LogP contribution in [0.4, 0.5) is 0 Å². The van der Waals surface area contributed by atoms with Gasteiger partial charge in [-0.05, 0) is 5.56 Å². The summed E-state index contributed by atoms with van der Waals surface area (Å²) in [5, 5.41) is 16.5. The summed E-state index contributed by atoms with van der Waals surface area (Å²) in [6, 6.07) is 2.95. The molecule has 11 N–H and O–H groups in total. The topological polar surface area (TPSA) is 265 Å². The number of nitrogens with two attached hydrogens (primary N) is 3. The van der Waals surface area contributed by atoms with Crippen LogP contribution < -0.4 is 33.2 Å². The minimum Gasteiger partial charge on any atom is -0.480 e. The van der Waals surface area contributed by atoms with Crippen molar-refractivity contribution < 1.29 is 33.9 Å². The maximum atomic E-state index is 13.2. The van der Waals surface area contributed by atoms with Crippen LogP contribution in [0.25, 0.3) is 0 Å². The van der Waals surface area contributed by atoms with Gasteiger partial charge in [0.05, 0.1) is 25.2 Å². The number of carboxylic acids is 1. The molecule has 0 spiro atoms. The Labute approximate surface area is 216 Å². The van der Waals surface area contributed by atoms with E-state index in [4.69, 9.17) is 17.2 Å². The molecule has 0 aliphatic rings. The average Bonchev–Trinajstić information content (AvgIpc) is 3.35. The average molecular weight is 531 g/mol. The number of imidazole rings is 1. The van der Waals surface area contributed by atoms with Crippen molar-refractivity contribution in [3.8, 4) is 0 Å². The molecule has 1 aromatic carbocycles. The first-order valence-corrected chi connectivity index (χ1v) is 11.4. The quantitative estimate of drug-likeness (QED) is 0.115. The first-order valence-electron chi connectivity index (χ1n) is 11.4. The van der Waals surface area contributed by atoms with Crippen LogP contribution in [0.5, 0.6) is 0 Å². The van der Waals surface area contributed by atoms with Crippen LogP contribution in [0.1, 0.15) is 24.1 Å². The number of benzene rings is 1. The van der Waals surface area contributed by atoms with Gasteiger partial charge in [-0.1, -0.05) is 30.3 Å². The lowest BCUT2D eigenvalue weighted by atomic mass is 10.0. The third-order valence-electron chi connectivity index (χ3n) is 5.31. The normalized spacial score (nSPS) is 13.8. The smallest absolute Gasteiger partial charge is 0.326 e. The van der Waals surface area contributed by atoms with Crippen LogP contribution >= 0.6 is 0 Å². The molecule has 1 aromatic heterocycles. The van der Waals surface area contributed by atoms with Crippen molar-refractivity contribution >= 4 is 35.5 Å². The number of aromatic nitrogens is 2. The van der Waals surface area contributed by atoms with E-state index in [0.29, 0.717) is 11.3 Å². The van der Waals surface area contributed by atoms with Crippen LogP contribution in [0.3, 0.4) is 0 Å². The van der Waals surface area contributed by atoms with E-state index in [1.807, 2.05) is 0 Å². The number of carbonyl (C=O) groups is 6. The Morgan fingerprint density at radius 1 is 0.816 bits per heavy atom. The third-order valence-corrected chi connectivity index (χ3v) is 5.31. The molecular weight excluding hydrogens is 500 g/mol. The summed E-state index contributed by atoms with van der Waals surface area (Å²) in [5.74, 6) is -5.85. The van der Waals surface area contributed by atoms with Crippen molar-refractivity contribution in [1.82, 2.24) is 25.9 Å². The molecule has 0 fully saturated rings. The fourth-order valence-electron chi connectivity index (χ4n) is 3.42. The van der Waals surface area contributed by atoms with Gasteiger partial charge in [0.2, 0.25) is 29.5 Å². The number of nitrogens with one attached hydrogen (secondary N) is 4. The highest BCUT2D eigenvalue weighted by molar-refractivity contribution is 5.96. The van der Waals surface area contributed by atoms with Gasteiger partial charge in [0, 0.05) is 24.7 Å². The lowest BCUT2D eigenvalue weighted by Gasteiger charge is -2.24. The largest absolute Gasteiger partial charge is 0.480 e. The van der Waals surface area contributed by atoms with Gasteiger partial charge in [0.25, 0.3) is 0 Å². The standard InChI is InChI=1S/C23H30N8O7/c24-14(8-18(25)32)20(34)29-15(6-12-4-2-1-3-5-12)21(35)30-16(9-19(26)33)22(36)31-17(23(37)38)7-13-10-27-11-28-13/h1-5,10-11,14-17H,6-9,24H2,(H2,25,32)(H2,26,33)(H,27,28)(H,29,34)(H,30,35)(H,31,36)(H,37,38). The molecule has 1 heterocycles. The van der Waals surface area contributed by atoms with Crippen molar-refractivity contribution in [3.05, 3.63) is 54.1 Å². The van der Waals surface area contributed by atoms with E-state index in [2.05, 4.69) is 25.9 Å². The highest BCUT2D eigenvalue weighted by Gasteiger charge is 2.31. The number of H-pyrrole nitrogens is 1. The van der Waals surface area contributed by atoms with Gasteiger partial charge in [-0.3, -0.25) is 24.0 Å². The third kappa shape index (κ3) is 9.69. The number of hydrogen-bond acceptors (Lipinski definition) is 8. The fourth-order valence-corrected chi connectivity index (χ4v) is 3.42. The molecule has 0 radical (unpaired) electrons. The first-order chi connectivity index (χ1) is 18.0. The van der Waals surface area contributed by atoms with Crippen LogP contribution in [-0.2, 0) is 41.6 Å². The molecule has 5 amide bonds. The minimum atomic E-state index is -1.56. The van der Waals surface area contributed by atoms with Crippen LogP contribution in [0, 0.1) is 0 Å². The zero-order valence-corrected chi connectivity index (χ0v) is 20.3. The molecule has 15 heteroatoms. The van der Waals surface area contributed by atoms with Gasteiger partial charge in [-0.15, -0.1) is 0 Å². The molecule has 2 aromatic rings. The van der Waals surface area contributed by atoms with E-state index in [-0.39, 0.29) is 12.8 Å². The Morgan fingerprint density at radius 2 is 1.39 bits per heavy atom. The summed E-state index contributed by atoms with van der Waals surface area (Å²) in [5.41, 5.74) is 17.1. The summed E-state index contributed by atoms with van der Waals surface area (Å²) in [4.78, 5) is 79.5. The van der Waals surface area contributed by atoms with E-state index in [9.17, 15) is 33.9 Å². The number of hydrogen-bond donors (Lipinski definition) is 8. The molecule has 2 rings (SSSR count). The maximum Gasteiger partial charge on any atom is 0.326 e. The molecule has 0 saturated heterocycles. The highest BCUT2D eigenvalue weighted by atomic mass is 16.4. The summed E-state index contributed by atoms with van der Waals surface area (Å²) in [6.45, 7) is 0. The highest BCUT2D eigenvalue weighted by Crippen LogP contribution is 2.06. The predicted molar refractivity (Wildman–Crippen MR) is 131 cm³/mol. The number of rotatable bonds is 15. The van der Waals surface area contributed by atoms with E-state index in [1.54, 1.807) is 30.3 Å². The van der Waals surface area contributed by atoms with Crippen LogP contribution in [-0.4, -0.2) is 74.7 Å². The zero-order chi connectivity index (χ0) is 28.2. The molecule has 0 saturated carbocycles. The number of aromatic amines is 1. The SMILES string of the molecule is NC(=O)CC(N)C(=O)NC(Cc1ccccc1)C(=O)NC(CC(N)=O)C(=O)NC(Cc1cnc[nH]1)C(=O)O. The number of primary amides is 2. The molecule has 4 unspecified atom stereocenters. The van der Waals surface area contributed by atoms with Crippen molar-refractivity contribution in [2.75, 3.05) is 0 Å². The van der Waals surface area contributed by atoms with E-state index in [0.717, 1.165) is 0 Å². The van der Waals surface area contributed by atoms with Gasteiger partial charge in [0.15, 0.2) is 0 Å². The van der Waals surface area contributed by atoms with Gasteiger partial charge >= 0.3 is 5.97 Å². The van der Waals surface area contributed by atoms with Gasteiger partial charge in [-0.2, -0.15) is 0 Å². The monoisotopic (exact) mass is 530 g/mol. The molecule has 0 bridgehead atoms. The second kappa shape index (κ2) is 14.1. The van der Waals surface area contributed by atoms with E-state index >= 15 is 0 Å². The Morgan fingerprint density at radius 3 is 1.95 bits per heavy atom. The zero-order valence-electron chi connectivity index (χ0n) is 20.3. The van der Waals surface area contributed by atoms with Crippen LogP contribution in [0.2, 0.25) is 0 Å². The number of nitrogens with zero attached hydrogens (tertiary/aromatic N) is 1. The first kappa shape index (κ1) is 29.4. The Hall–Kier alpha value is -4.79. The van der Waals surface area contributed by atoms with Gasteiger partial charge in [-0.25, -0.2) is 9.78 Å². The van der Waals surface area contributed by atoms with Gasteiger partial charge in [0.1, 0.15) is 18.1 Å². The number of aliphatic carboxylic acids is 1. The maximum absolute atomic E-state index is 13.2. The molecule has 0 aliphatic carbocycles. The number of carboxylic acid groups (broad SMARTS) is 1. The van der Waals surface area contributed by atoms with Gasteiger partial charge < -0.3 is 43.2 Å². The van der Waals surface area contributed by atoms with Crippen molar-refractivity contribution in [2.45, 2.75) is 49.9 Å². The molecule has 4 atom stereocenters. The number of amides is 5. The lowest BCUT2D eigenvalue weighted by molar-refractivity contribution is -0.142. The summed E-state index contributed by atoms with van der Waals surface area (Å²) in [7, 11) is 0. The lowest BCUT2D eigenvalue weighted by Crippen LogP contribution is -2.58. The molecule has 38 heavy (non-hydrogen) atoms. The van der Waals surface area contributed by atoms with Crippen LogP contribution in [0.15, 0.2) is 42.9 Å². The summed E-state index contributed by atoms with van der Waals surface area (Å²) < 4.78 is 0. The Balaban J connectivity index is 2.21. The fraction of sp³-hybridized carbons (Fsp3) is 0.348. The Kier molecular flexibility index (Phi) is 10.9. The second-order valence-corrected chi connectivity index (χ2v) is 8.44. The van der Waals surface area contributed by atoms with E-state index in [1.165, 1.54) is 12.5 Å². The minimum absolute atomic E-state index is 0.0375. The van der Waals surface area contributed by atoms with Crippen molar-refractivity contribution in [3.63, 3.8) is 0 Å². The summed E-state index contributed by atoms with van der Waals surface area (Å²) in [6.07, 6.45) is 1.41. The van der Waals surface area contributed by atoms with Crippen molar-refractivity contribution in [1.29, 1.82) is 0 Å². The van der Waals surface area contributed by atoms with Crippen molar-refractivity contribution in [2.24, 2.45) is 17.2 Å². The Bertz CT molecular complexity index is 1140. The molecule has 0 aliphatic heterocycles. The molecule has 15 nitrogen and oxygen atoms in total. The second-order valence-electron chi connectivity index (χ2n) is 8.44.